The molecule has 0 amide bonds. The van der Waals surface area contributed by atoms with Gasteiger partial charge in [0.15, 0.2) is 0 Å². The molecule has 0 fully saturated rings. The van der Waals surface area contributed by atoms with E-state index in [2.05, 4.69) is 10.0 Å². The van der Waals surface area contributed by atoms with Crippen LogP contribution in [0.4, 0.5) is 0 Å². The van der Waals surface area contributed by atoms with Crippen LogP contribution in [0.25, 0.3) is 0 Å². The van der Waals surface area contributed by atoms with Crippen LogP contribution in [-0.4, -0.2) is 30.1 Å². The number of hydrogen-bond donors (Lipinski definition) is 2. The highest BCUT2D eigenvalue weighted by molar-refractivity contribution is 7.82. The van der Waals surface area contributed by atoms with Crippen LogP contribution in [0.5, 0.6) is 0 Å². The van der Waals surface area contributed by atoms with E-state index >= 15 is 0 Å². The number of nitrogens with one attached hydrogen (secondary N) is 2. The topological polar surface area (TPSA) is 41.1 Å². The standard InChI is InChI=1S/C5H14N2OS/c1-3-9(8)7-5-4-6-2/h6-7H,3-5H2,1-2H3. The van der Waals surface area contributed by atoms with Crippen LogP contribution in [0.15, 0.2) is 0 Å². The lowest BCUT2D eigenvalue weighted by atomic mass is 10.7. The van der Waals surface area contributed by atoms with Crippen LogP contribution in [0.2, 0.25) is 0 Å². The first-order chi connectivity index (χ1) is 4.31. The minimum atomic E-state index is -0.818. The van der Waals surface area contributed by atoms with Gasteiger partial charge in [0.1, 0.15) is 0 Å². The van der Waals surface area contributed by atoms with Crippen molar-refractivity contribution in [3.8, 4) is 0 Å². The van der Waals surface area contributed by atoms with Gasteiger partial charge in [0.2, 0.25) is 0 Å². The van der Waals surface area contributed by atoms with Gasteiger partial charge < -0.3 is 5.32 Å². The van der Waals surface area contributed by atoms with Gasteiger partial charge in [0, 0.05) is 18.8 Å². The summed E-state index contributed by atoms with van der Waals surface area (Å²) in [4.78, 5) is 0. The fraction of sp³-hybridized carbons (Fsp3) is 1.00. The molecular formula is C5H14N2OS. The fourth-order valence-electron chi connectivity index (χ4n) is 0.392. The zero-order valence-electron chi connectivity index (χ0n) is 5.94. The Labute approximate surface area is 58.8 Å². The average Bonchev–Trinajstić information content (AvgIpc) is 1.89. The van der Waals surface area contributed by atoms with Gasteiger partial charge in [-0.1, -0.05) is 6.92 Å². The molecule has 0 aromatic carbocycles. The van der Waals surface area contributed by atoms with Crippen molar-refractivity contribution < 1.29 is 4.21 Å². The van der Waals surface area contributed by atoms with E-state index in [0.29, 0.717) is 5.75 Å². The maximum absolute atomic E-state index is 10.7. The molecule has 0 saturated heterocycles. The molecule has 4 heteroatoms. The number of likely N-dealkylation sites (N-methyl/N-ethyl adjacent to an activating group) is 1. The molecule has 0 aromatic heterocycles. The first-order valence-corrected chi connectivity index (χ1v) is 4.39. The Morgan fingerprint density at radius 1 is 1.44 bits per heavy atom. The highest BCUT2D eigenvalue weighted by atomic mass is 32.2. The summed E-state index contributed by atoms with van der Waals surface area (Å²) in [6, 6.07) is 0. The van der Waals surface area contributed by atoms with Crippen molar-refractivity contribution in [2.24, 2.45) is 0 Å². The quantitative estimate of drug-likeness (QED) is 0.518. The molecule has 2 N–H and O–H groups in total. The van der Waals surface area contributed by atoms with Crippen LogP contribution in [0.3, 0.4) is 0 Å². The van der Waals surface area contributed by atoms with Crippen LogP contribution in [-0.2, 0) is 11.0 Å². The molecule has 0 radical (unpaired) electrons. The molecule has 0 bridgehead atoms. The van der Waals surface area contributed by atoms with Crippen LogP contribution < -0.4 is 10.0 Å². The lowest BCUT2D eigenvalue weighted by Crippen LogP contribution is -2.27. The second-order valence-corrected chi connectivity index (χ2v) is 3.19. The summed E-state index contributed by atoms with van der Waals surface area (Å²) in [5.74, 6) is 0.684. The van der Waals surface area contributed by atoms with Crippen LogP contribution in [0.1, 0.15) is 6.92 Å². The SMILES string of the molecule is CCS(=O)NCCNC. The van der Waals surface area contributed by atoms with Gasteiger partial charge in [-0.15, -0.1) is 0 Å². The zero-order valence-corrected chi connectivity index (χ0v) is 6.75. The summed E-state index contributed by atoms with van der Waals surface area (Å²) in [6.07, 6.45) is 0. The highest BCUT2D eigenvalue weighted by Gasteiger charge is 1.90. The lowest BCUT2D eigenvalue weighted by molar-refractivity contribution is 0.668. The largest absolute Gasteiger partial charge is 0.318 e. The summed E-state index contributed by atoms with van der Waals surface area (Å²) >= 11 is 0. The van der Waals surface area contributed by atoms with Crippen molar-refractivity contribution in [3.63, 3.8) is 0 Å². The molecule has 56 valence electrons. The molecule has 1 unspecified atom stereocenters. The van der Waals surface area contributed by atoms with E-state index in [4.69, 9.17) is 0 Å². The summed E-state index contributed by atoms with van der Waals surface area (Å²) in [5, 5.41) is 2.95. The van der Waals surface area contributed by atoms with E-state index in [1.165, 1.54) is 0 Å². The summed E-state index contributed by atoms with van der Waals surface area (Å²) in [6.45, 7) is 3.53. The van der Waals surface area contributed by atoms with Gasteiger partial charge in [0.05, 0.1) is 11.0 Å². The minimum Gasteiger partial charge on any atom is -0.318 e. The molecular weight excluding hydrogens is 136 g/mol. The molecule has 9 heavy (non-hydrogen) atoms. The van der Waals surface area contributed by atoms with Crippen molar-refractivity contribution in [1.29, 1.82) is 0 Å². The van der Waals surface area contributed by atoms with Gasteiger partial charge in [-0.05, 0) is 7.05 Å². The number of hydrogen-bond acceptors (Lipinski definition) is 2. The molecule has 1 atom stereocenters. The van der Waals surface area contributed by atoms with E-state index in [0.717, 1.165) is 13.1 Å². The van der Waals surface area contributed by atoms with Crippen LogP contribution >= 0.6 is 0 Å². The van der Waals surface area contributed by atoms with Gasteiger partial charge in [-0.25, -0.2) is 8.93 Å². The van der Waals surface area contributed by atoms with Crippen molar-refractivity contribution in [2.75, 3.05) is 25.9 Å². The van der Waals surface area contributed by atoms with E-state index in [9.17, 15) is 4.21 Å². The molecule has 0 spiro atoms. The number of rotatable bonds is 5. The lowest BCUT2D eigenvalue weighted by Gasteiger charge is -1.99. The molecule has 0 aliphatic carbocycles. The Kier molecular flexibility index (Phi) is 6.24. The summed E-state index contributed by atoms with van der Waals surface area (Å²) < 4.78 is 13.5. The maximum atomic E-state index is 10.7. The third kappa shape index (κ3) is 5.95. The molecule has 0 heterocycles. The summed E-state index contributed by atoms with van der Waals surface area (Å²) in [7, 11) is 1.05. The highest BCUT2D eigenvalue weighted by Crippen LogP contribution is 1.70. The second-order valence-electron chi connectivity index (χ2n) is 1.63. The van der Waals surface area contributed by atoms with Crippen molar-refractivity contribution >= 4 is 11.0 Å². The van der Waals surface area contributed by atoms with Gasteiger partial charge in [0.25, 0.3) is 0 Å². The zero-order chi connectivity index (χ0) is 7.11. The normalized spacial score (nSPS) is 13.6. The van der Waals surface area contributed by atoms with Gasteiger partial charge in [-0.2, -0.15) is 0 Å². The van der Waals surface area contributed by atoms with Crippen molar-refractivity contribution in [3.05, 3.63) is 0 Å². The molecule has 0 aromatic rings. The second kappa shape index (κ2) is 6.19. The minimum absolute atomic E-state index is 0.684. The smallest absolute Gasteiger partial charge is 0.0912 e. The first kappa shape index (κ1) is 9.07. The third-order valence-electron chi connectivity index (χ3n) is 0.900. The van der Waals surface area contributed by atoms with Gasteiger partial charge >= 0.3 is 0 Å². The fourth-order valence-corrected chi connectivity index (χ4v) is 0.926. The Morgan fingerprint density at radius 3 is 2.56 bits per heavy atom. The van der Waals surface area contributed by atoms with E-state index < -0.39 is 11.0 Å². The first-order valence-electron chi connectivity index (χ1n) is 3.07. The van der Waals surface area contributed by atoms with E-state index in [1.54, 1.807) is 0 Å². The van der Waals surface area contributed by atoms with Crippen molar-refractivity contribution in [2.45, 2.75) is 6.92 Å². The maximum Gasteiger partial charge on any atom is 0.0912 e. The molecule has 0 saturated carbocycles. The molecule has 0 aliphatic rings. The predicted molar refractivity (Wildman–Crippen MR) is 40.6 cm³/mol. The summed E-state index contributed by atoms with van der Waals surface area (Å²) in [5.41, 5.74) is 0. The third-order valence-corrected chi connectivity index (χ3v) is 1.95. The van der Waals surface area contributed by atoms with E-state index in [-0.39, 0.29) is 0 Å². The average molecular weight is 150 g/mol. The Hall–Kier alpha value is 0.0700. The monoisotopic (exact) mass is 150 g/mol. The Morgan fingerprint density at radius 2 is 2.11 bits per heavy atom. The van der Waals surface area contributed by atoms with Crippen LogP contribution in [0, 0.1) is 0 Å². The molecule has 0 rings (SSSR count). The van der Waals surface area contributed by atoms with Crippen molar-refractivity contribution in [1.82, 2.24) is 10.0 Å². The van der Waals surface area contributed by atoms with E-state index in [1.807, 2.05) is 14.0 Å². The Bertz CT molecular complexity index is 87.0. The van der Waals surface area contributed by atoms with Gasteiger partial charge in [-0.3, -0.25) is 0 Å². The Balaban J connectivity index is 2.97. The predicted octanol–water partition coefficient (Wildman–Crippen LogP) is -0.521. The molecule has 3 nitrogen and oxygen atoms in total. The molecule has 0 aliphatic heterocycles.